The van der Waals surface area contributed by atoms with E-state index < -0.39 is 0 Å². The molecule has 2 heteroatoms. The van der Waals surface area contributed by atoms with E-state index in [0.717, 1.165) is 25.4 Å². The van der Waals surface area contributed by atoms with E-state index in [0.29, 0.717) is 5.92 Å². The second-order valence-corrected chi connectivity index (χ2v) is 7.47. The zero-order valence-electron chi connectivity index (χ0n) is 13.1. The number of nitrogens with one attached hydrogen (secondary N) is 1. The summed E-state index contributed by atoms with van der Waals surface area (Å²) < 4.78 is 0. The number of hydrogen-bond acceptors (Lipinski definition) is 2. The molecule has 1 aromatic carbocycles. The van der Waals surface area contributed by atoms with Crippen molar-refractivity contribution in [3.05, 3.63) is 57.3 Å². The van der Waals surface area contributed by atoms with Crippen LogP contribution in [0.25, 0.3) is 0 Å². The van der Waals surface area contributed by atoms with Gasteiger partial charge < -0.3 is 5.32 Å². The van der Waals surface area contributed by atoms with Crippen molar-refractivity contribution in [2.75, 3.05) is 6.54 Å². The van der Waals surface area contributed by atoms with E-state index in [4.69, 9.17) is 0 Å². The van der Waals surface area contributed by atoms with Crippen LogP contribution in [0.5, 0.6) is 0 Å². The third kappa shape index (κ3) is 4.18. The summed E-state index contributed by atoms with van der Waals surface area (Å²) in [5.74, 6) is 0.592. The van der Waals surface area contributed by atoms with Crippen molar-refractivity contribution in [2.45, 2.75) is 51.5 Å². The molecule has 1 nitrogen and oxygen atoms in total. The second-order valence-electron chi connectivity index (χ2n) is 6.22. The van der Waals surface area contributed by atoms with Crippen molar-refractivity contribution in [1.82, 2.24) is 5.32 Å². The van der Waals surface area contributed by atoms with Gasteiger partial charge in [0.1, 0.15) is 0 Å². The minimum absolute atomic E-state index is 0.592. The molecule has 1 aliphatic carbocycles. The van der Waals surface area contributed by atoms with Gasteiger partial charge in [0, 0.05) is 28.3 Å². The number of aryl methyl sites for hydroxylation is 2. The lowest BCUT2D eigenvalue weighted by molar-refractivity contribution is 0.580. The molecule has 0 saturated heterocycles. The first kappa shape index (κ1) is 14.8. The normalized spacial score (nSPS) is 16.1. The quantitative estimate of drug-likeness (QED) is 0.781. The molecular formula is C19H25NS. The zero-order valence-corrected chi connectivity index (χ0v) is 13.9. The molecule has 0 aliphatic heterocycles. The Bertz CT molecular complexity index is 583. The molecule has 1 unspecified atom stereocenters. The molecule has 3 rings (SSSR count). The van der Waals surface area contributed by atoms with Crippen molar-refractivity contribution in [3.8, 4) is 0 Å². The van der Waals surface area contributed by atoms with Gasteiger partial charge in [0.2, 0.25) is 0 Å². The van der Waals surface area contributed by atoms with Gasteiger partial charge in [-0.2, -0.15) is 0 Å². The lowest BCUT2D eigenvalue weighted by Gasteiger charge is -2.18. The summed E-state index contributed by atoms with van der Waals surface area (Å²) in [6.45, 7) is 5.53. The maximum Gasteiger partial charge on any atom is 0.00684 e. The highest BCUT2D eigenvalue weighted by molar-refractivity contribution is 7.11. The predicted molar refractivity (Wildman–Crippen MR) is 92.3 cm³/mol. The molecule has 0 spiro atoms. The van der Waals surface area contributed by atoms with E-state index in [9.17, 15) is 0 Å². The molecule has 1 heterocycles. The summed E-state index contributed by atoms with van der Waals surface area (Å²) in [5.41, 5.74) is 2.85. The van der Waals surface area contributed by atoms with Crippen molar-refractivity contribution >= 4 is 11.3 Å². The maximum atomic E-state index is 3.72. The van der Waals surface area contributed by atoms with Crippen LogP contribution in [0.15, 0.2) is 36.4 Å². The Hall–Kier alpha value is -1.12. The van der Waals surface area contributed by atoms with Gasteiger partial charge in [-0.25, -0.2) is 0 Å². The Morgan fingerprint density at radius 2 is 2.00 bits per heavy atom. The van der Waals surface area contributed by atoms with Gasteiger partial charge in [0.15, 0.2) is 0 Å². The minimum atomic E-state index is 0.592. The highest BCUT2D eigenvalue weighted by Crippen LogP contribution is 2.27. The van der Waals surface area contributed by atoms with Crippen molar-refractivity contribution in [1.29, 1.82) is 0 Å². The molecule has 0 radical (unpaired) electrons. The molecule has 1 aliphatic rings. The summed E-state index contributed by atoms with van der Waals surface area (Å²) in [4.78, 5) is 3.03. The Morgan fingerprint density at radius 1 is 1.19 bits per heavy atom. The lowest BCUT2D eigenvalue weighted by Crippen LogP contribution is -2.24. The Kier molecular flexibility index (Phi) is 4.77. The Balaban J connectivity index is 1.73. The summed E-state index contributed by atoms with van der Waals surface area (Å²) >= 11 is 1.98. The zero-order chi connectivity index (χ0) is 14.7. The lowest BCUT2D eigenvalue weighted by atomic mass is 9.93. The van der Waals surface area contributed by atoms with Gasteiger partial charge in [-0.05, 0) is 50.3 Å². The van der Waals surface area contributed by atoms with Crippen molar-refractivity contribution in [3.63, 3.8) is 0 Å². The molecule has 1 aromatic heterocycles. The van der Waals surface area contributed by atoms with E-state index >= 15 is 0 Å². The maximum absolute atomic E-state index is 3.72. The van der Waals surface area contributed by atoms with Crippen LogP contribution in [-0.4, -0.2) is 12.6 Å². The first-order valence-corrected chi connectivity index (χ1v) is 8.93. The molecule has 1 fully saturated rings. The topological polar surface area (TPSA) is 12.0 Å². The SMILES string of the molecule is CCc1ccc(CC(CNC2CC2)c2cccc(C)c2)s1. The fraction of sp³-hybridized carbons (Fsp3) is 0.474. The van der Waals surface area contributed by atoms with Gasteiger partial charge in [-0.15, -0.1) is 11.3 Å². The third-order valence-electron chi connectivity index (χ3n) is 4.26. The number of rotatable bonds is 7. The van der Waals surface area contributed by atoms with Crippen LogP contribution in [0.2, 0.25) is 0 Å². The fourth-order valence-electron chi connectivity index (χ4n) is 2.79. The Morgan fingerprint density at radius 3 is 2.67 bits per heavy atom. The smallest absolute Gasteiger partial charge is 0.00684 e. The summed E-state index contributed by atoms with van der Waals surface area (Å²) in [6.07, 6.45) is 5.03. The average Bonchev–Trinajstić information content (AvgIpc) is 3.21. The predicted octanol–water partition coefficient (Wildman–Crippen LogP) is 4.70. The molecule has 0 amide bonds. The van der Waals surface area contributed by atoms with E-state index in [1.807, 2.05) is 11.3 Å². The van der Waals surface area contributed by atoms with E-state index in [2.05, 4.69) is 55.6 Å². The molecule has 2 aromatic rings. The molecule has 21 heavy (non-hydrogen) atoms. The van der Waals surface area contributed by atoms with Gasteiger partial charge >= 0.3 is 0 Å². The molecule has 1 N–H and O–H groups in total. The Labute approximate surface area is 132 Å². The largest absolute Gasteiger partial charge is 0.313 e. The third-order valence-corrected chi connectivity index (χ3v) is 5.51. The number of benzene rings is 1. The molecule has 112 valence electrons. The average molecular weight is 299 g/mol. The first-order chi connectivity index (χ1) is 10.2. The molecule has 0 bridgehead atoms. The monoisotopic (exact) mass is 299 g/mol. The summed E-state index contributed by atoms with van der Waals surface area (Å²) in [5, 5.41) is 3.72. The summed E-state index contributed by atoms with van der Waals surface area (Å²) in [6, 6.07) is 14.4. The highest BCUT2D eigenvalue weighted by Gasteiger charge is 2.23. The van der Waals surface area contributed by atoms with E-state index in [-0.39, 0.29) is 0 Å². The van der Waals surface area contributed by atoms with Crippen LogP contribution in [0.4, 0.5) is 0 Å². The van der Waals surface area contributed by atoms with Crippen LogP contribution < -0.4 is 5.32 Å². The van der Waals surface area contributed by atoms with Crippen LogP contribution in [0.3, 0.4) is 0 Å². The number of thiophene rings is 1. The van der Waals surface area contributed by atoms with Gasteiger partial charge in [-0.3, -0.25) is 0 Å². The van der Waals surface area contributed by atoms with Crippen molar-refractivity contribution in [2.24, 2.45) is 0 Å². The standard InChI is InChI=1S/C19H25NS/c1-3-18-9-10-19(21-18)12-16(13-20-17-7-8-17)15-6-4-5-14(2)11-15/h4-6,9-11,16-17,20H,3,7-8,12-13H2,1-2H3. The van der Waals surface area contributed by atoms with Crippen LogP contribution >= 0.6 is 11.3 Å². The van der Waals surface area contributed by atoms with Gasteiger partial charge in [-0.1, -0.05) is 36.8 Å². The fourth-order valence-corrected chi connectivity index (χ4v) is 3.83. The van der Waals surface area contributed by atoms with Crippen LogP contribution in [0.1, 0.15) is 46.6 Å². The van der Waals surface area contributed by atoms with Gasteiger partial charge in [0.25, 0.3) is 0 Å². The minimum Gasteiger partial charge on any atom is -0.313 e. The van der Waals surface area contributed by atoms with Gasteiger partial charge in [0.05, 0.1) is 0 Å². The van der Waals surface area contributed by atoms with Crippen molar-refractivity contribution < 1.29 is 0 Å². The van der Waals surface area contributed by atoms with Crippen LogP contribution in [0, 0.1) is 6.92 Å². The number of hydrogen-bond donors (Lipinski definition) is 1. The summed E-state index contributed by atoms with van der Waals surface area (Å²) in [7, 11) is 0. The highest BCUT2D eigenvalue weighted by atomic mass is 32.1. The molecular weight excluding hydrogens is 274 g/mol. The van der Waals surface area contributed by atoms with E-state index in [1.54, 1.807) is 0 Å². The molecule has 1 atom stereocenters. The van der Waals surface area contributed by atoms with E-state index in [1.165, 1.54) is 33.7 Å². The second kappa shape index (κ2) is 6.76. The molecule has 1 saturated carbocycles. The van der Waals surface area contributed by atoms with Crippen LogP contribution in [-0.2, 0) is 12.8 Å². The first-order valence-electron chi connectivity index (χ1n) is 8.12.